The number of nitrogens with one attached hydrogen (secondary N) is 1. The molecule has 1 aliphatic heterocycles. The molecule has 96 valence electrons. The summed E-state index contributed by atoms with van der Waals surface area (Å²) in [6, 6.07) is 7.66. The molecule has 2 rings (SSSR count). The topological polar surface area (TPSA) is 64.6 Å². The van der Waals surface area contributed by atoms with Crippen molar-refractivity contribution >= 4 is 11.9 Å². The number of hydrogen-bond donors (Lipinski definition) is 1. The molecule has 18 heavy (non-hydrogen) atoms. The fourth-order valence-corrected chi connectivity index (χ4v) is 1.94. The summed E-state index contributed by atoms with van der Waals surface area (Å²) in [6.45, 7) is 0.366. The van der Waals surface area contributed by atoms with Crippen molar-refractivity contribution in [2.75, 3.05) is 20.3 Å². The van der Waals surface area contributed by atoms with Crippen LogP contribution in [0.15, 0.2) is 24.3 Å². The van der Waals surface area contributed by atoms with E-state index in [2.05, 4.69) is 10.1 Å². The second-order valence-electron chi connectivity index (χ2n) is 3.99. The first kappa shape index (κ1) is 12.6. The maximum Gasteiger partial charge on any atom is 0.325 e. The zero-order valence-corrected chi connectivity index (χ0v) is 10.1. The van der Waals surface area contributed by atoms with Gasteiger partial charge in [0.1, 0.15) is 6.54 Å². The zero-order valence-electron chi connectivity index (χ0n) is 10.1. The summed E-state index contributed by atoms with van der Waals surface area (Å²) in [5, 5.41) is 2.51. The number of fused-ring (bicyclic) bond motifs is 1. The molecule has 0 bridgehead atoms. The van der Waals surface area contributed by atoms with Gasteiger partial charge in [0.25, 0.3) is 5.91 Å². The average Bonchev–Trinajstić information content (AvgIpc) is 2.43. The Bertz CT molecular complexity index is 458. The smallest absolute Gasteiger partial charge is 0.325 e. The summed E-state index contributed by atoms with van der Waals surface area (Å²) < 4.78 is 9.93. The monoisotopic (exact) mass is 249 g/mol. The molecule has 1 heterocycles. The van der Waals surface area contributed by atoms with Crippen LogP contribution in [0.3, 0.4) is 0 Å². The Kier molecular flexibility index (Phi) is 3.94. The molecule has 0 aliphatic carbocycles. The minimum atomic E-state index is -0.639. The molecule has 1 atom stereocenters. The summed E-state index contributed by atoms with van der Waals surface area (Å²) in [7, 11) is 1.28. The molecule has 5 nitrogen and oxygen atoms in total. The van der Waals surface area contributed by atoms with Crippen LogP contribution < -0.4 is 5.32 Å². The van der Waals surface area contributed by atoms with E-state index in [1.165, 1.54) is 7.11 Å². The van der Waals surface area contributed by atoms with Crippen molar-refractivity contribution in [1.82, 2.24) is 5.32 Å². The number of ether oxygens (including phenoxy) is 2. The lowest BCUT2D eigenvalue weighted by atomic mass is 9.97. The van der Waals surface area contributed by atoms with E-state index in [4.69, 9.17) is 4.74 Å². The quantitative estimate of drug-likeness (QED) is 0.796. The lowest BCUT2D eigenvalue weighted by Crippen LogP contribution is -2.37. The number of hydrogen-bond acceptors (Lipinski definition) is 4. The molecular weight excluding hydrogens is 234 g/mol. The third-order valence-electron chi connectivity index (χ3n) is 2.87. The van der Waals surface area contributed by atoms with Crippen molar-refractivity contribution < 1.29 is 19.1 Å². The van der Waals surface area contributed by atoms with Crippen LogP contribution in [0.25, 0.3) is 0 Å². The molecular formula is C13H15NO4. The van der Waals surface area contributed by atoms with Crippen LogP contribution in [0, 0.1) is 0 Å². The number of esters is 1. The van der Waals surface area contributed by atoms with Crippen LogP contribution in [-0.4, -0.2) is 32.1 Å². The van der Waals surface area contributed by atoms with Crippen molar-refractivity contribution in [2.24, 2.45) is 0 Å². The molecule has 0 saturated carbocycles. The molecule has 0 saturated heterocycles. The molecule has 1 aromatic rings. The van der Waals surface area contributed by atoms with Gasteiger partial charge in [0.05, 0.1) is 13.7 Å². The van der Waals surface area contributed by atoms with Gasteiger partial charge in [0.2, 0.25) is 0 Å². The van der Waals surface area contributed by atoms with E-state index < -0.39 is 12.1 Å². The molecule has 1 N–H and O–H groups in total. The van der Waals surface area contributed by atoms with E-state index in [0.29, 0.717) is 6.61 Å². The number of rotatable bonds is 3. The van der Waals surface area contributed by atoms with Gasteiger partial charge in [-0.3, -0.25) is 9.59 Å². The molecule has 0 radical (unpaired) electrons. The van der Waals surface area contributed by atoms with Gasteiger partial charge in [0, 0.05) is 0 Å². The van der Waals surface area contributed by atoms with Crippen LogP contribution in [0.2, 0.25) is 0 Å². The number of benzene rings is 1. The lowest BCUT2D eigenvalue weighted by molar-refractivity contribution is -0.143. The molecule has 1 aromatic carbocycles. The summed E-state index contributed by atoms with van der Waals surface area (Å²) in [6.07, 6.45) is 0.163. The standard InChI is InChI=1S/C13H15NO4/c1-17-11(15)8-14-13(16)12-10-5-3-2-4-9(10)6-7-18-12/h2-5,12H,6-8H2,1H3,(H,14,16). The van der Waals surface area contributed by atoms with Gasteiger partial charge in [-0.25, -0.2) is 0 Å². The first-order valence-electron chi connectivity index (χ1n) is 5.76. The molecule has 0 aromatic heterocycles. The van der Waals surface area contributed by atoms with Crippen molar-refractivity contribution in [3.05, 3.63) is 35.4 Å². The fourth-order valence-electron chi connectivity index (χ4n) is 1.94. The Hall–Kier alpha value is -1.88. The Balaban J connectivity index is 2.06. The molecule has 0 spiro atoms. The van der Waals surface area contributed by atoms with Crippen molar-refractivity contribution in [2.45, 2.75) is 12.5 Å². The van der Waals surface area contributed by atoms with Gasteiger partial charge in [-0.15, -0.1) is 0 Å². The van der Waals surface area contributed by atoms with E-state index in [9.17, 15) is 9.59 Å². The van der Waals surface area contributed by atoms with Gasteiger partial charge in [-0.1, -0.05) is 24.3 Å². The highest BCUT2D eigenvalue weighted by atomic mass is 16.5. The Morgan fingerprint density at radius 3 is 3.00 bits per heavy atom. The first-order valence-corrected chi connectivity index (χ1v) is 5.76. The van der Waals surface area contributed by atoms with Gasteiger partial charge in [0.15, 0.2) is 6.10 Å². The van der Waals surface area contributed by atoms with E-state index in [1.807, 2.05) is 24.3 Å². The van der Waals surface area contributed by atoms with Crippen LogP contribution in [0.5, 0.6) is 0 Å². The fraction of sp³-hybridized carbons (Fsp3) is 0.385. The first-order chi connectivity index (χ1) is 8.72. The van der Waals surface area contributed by atoms with Crippen molar-refractivity contribution in [3.63, 3.8) is 0 Å². The Labute approximate surface area is 105 Å². The minimum absolute atomic E-state index is 0.142. The van der Waals surface area contributed by atoms with E-state index in [-0.39, 0.29) is 12.5 Å². The summed E-state index contributed by atoms with van der Waals surface area (Å²) >= 11 is 0. The number of methoxy groups -OCH3 is 1. The predicted octanol–water partition coefficient (Wildman–Crippen LogP) is 0.590. The lowest BCUT2D eigenvalue weighted by Gasteiger charge is -2.24. The average molecular weight is 249 g/mol. The zero-order chi connectivity index (χ0) is 13.0. The molecule has 1 unspecified atom stereocenters. The highest BCUT2D eigenvalue weighted by Crippen LogP contribution is 2.26. The third kappa shape index (κ3) is 2.68. The predicted molar refractivity (Wildman–Crippen MR) is 63.9 cm³/mol. The van der Waals surface area contributed by atoms with Crippen molar-refractivity contribution in [1.29, 1.82) is 0 Å². The molecule has 0 fully saturated rings. The van der Waals surface area contributed by atoms with Gasteiger partial charge >= 0.3 is 5.97 Å². The summed E-state index contributed by atoms with van der Waals surface area (Å²) in [5.74, 6) is -0.792. The van der Waals surface area contributed by atoms with Crippen LogP contribution in [-0.2, 0) is 25.5 Å². The van der Waals surface area contributed by atoms with Crippen LogP contribution >= 0.6 is 0 Å². The third-order valence-corrected chi connectivity index (χ3v) is 2.87. The minimum Gasteiger partial charge on any atom is -0.468 e. The highest BCUT2D eigenvalue weighted by molar-refractivity contribution is 5.86. The van der Waals surface area contributed by atoms with Crippen LogP contribution in [0.4, 0.5) is 0 Å². The van der Waals surface area contributed by atoms with Gasteiger partial charge in [-0.2, -0.15) is 0 Å². The van der Waals surface area contributed by atoms with E-state index >= 15 is 0 Å². The highest BCUT2D eigenvalue weighted by Gasteiger charge is 2.27. The maximum absolute atomic E-state index is 11.9. The largest absolute Gasteiger partial charge is 0.468 e. The van der Waals surface area contributed by atoms with E-state index in [1.54, 1.807) is 0 Å². The molecule has 1 aliphatic rings. The Morgan fingerprint density at radius 1 is 1.44 bits per heavy atom. The normalized spacial score (nSPS) is 17.7. The van der Waals surface area contributed by atoms with Crippen LogP contribution in [0.1, 0.15) is 17.2 Å². The SMILES string of the molecule is COC(=O)CNC(=O)C1OCCc2ccccc21. The number of carbonyl (C=O) groups is 2. The van der Waals surface area contributed by atoms with E-state index in [0.717, 1.165) is 17.5 Å². The van der Waals surface area contributed by atoms with Crippen molar-refractivity contribution in [3.8, 4) is 0 Å². The van der Waals surface area contributed by atoms with Gasteiger partial charge < -0.3 is 14.8 Å². The number of carbonyl (C=O) groups excluding carboxylic acids is 2. The Morgan fingerprint density at radius 2 is 2.22 bits per heavy atom. The number of amides is 1. The molecule has 5 heteroatoms. The maximum atomic E-state index is 11.9. The second-order valence-corrected chi connectivity index (χ2v) is 3.99. The van der Waals surface area contributed by atoms with Gasteiger partial charge in [-0.05, 0) is 17.5 Å². The summed E-state index contributed by atoms with van der Waals surface area (Å²) in [5.41, 5.74) is 1.98. The summed E-state index contributed by atoms with van der Waals surface area (Å²) in [4.78, 5) is 22.9. The second kappa shape index (κ2) is 5.64. The molecule has 1 amide bonds.